The van der Waals surface area contributed by atoms with Crippen molar-refractivity contribution >= 4 is 17.6 Å². The molecule has 0 radical (unpaired) electrons. The Hall–Kier alpha value is -3.48. The van der Waals surface area contributed by atoms with Crippen molar-refractivity contribution in [2.24, 2.45) is 0 Å². The van der Waals surface area contributed by atoms with Crippen molar-refractivity contribution in [3.8, 4) is 11.5 Å². The van der Waals surface area contributed by atoms with Crippen molar-refractivity contribution in [2.45, 2.75) is 6.92 Å². The lowest BCUT2D eigenvalue weighted by molar-refractivity contribution is 0.0600. The molecule has 0 fully saturated rings. The SMILES string of the molecule is COC(=O)c1ccc(C(=O)Nc2ccc(-c3nnco3)cc2C)cc1. The van der Waals surface area contributed by atoms with Crippen LogP contribution in [0, 0.1) is 6.92 Å². The maximum atomic E-state index is 12.4. The van der Waals surface area contributed by atoms with E-state index in [2.05, 4.69) is 20.3 Å². The lowest BCUT2D eigenvalue weighted by Crippen LogP contribution is -2.13. The summed E-state index contributed by atoms with van der Waals surface area (Å²) in [6, 6.07) is 11.7. The van der Waals surface area contributed by atoms with Gasteiger partial charge in [-0.25, -0.2) is 4.79 Å². The summed E-state index contributed by atoms with van der Waals surface area (Å²) in [5.41, 5.74) is 3.13. The Labute approximate surface area is 143 Å². The molecule has 2 aromatic carbocycles. The number of methoxy groups -OCH3 is 1. The third kappa shape index (κ3) is 3.55. The first-order valence-electron chi connectivity index (χ1n) is 7.45. The number of rotatable bonds is 4. The summed E-state index contributed by atoms with van der Waals surface area (Å²) in [6.45, 7) is 1.87. The number of nitrogens with zero attached hydrogens (tertiary/aromatic N) is 2. The van der Waals surface area contributed by atoms with Crippen LogP contribution in [0.1, 0.15) is 26.3 Å². The van der Waals surface area contributed by atoms with Crippen LogP contribution in [0.4, 0.5) is 5.69 Å². The molecule has 1 aromatic heterocycles. The second-order valence-electron chi connectivity index (χ2n) is 5.30. The molecule has 1 N–H and O–H groups in total. The van der Waals surface area contributed by atoms with Crippen LogP contribution < -0.4 is 5.32 Å². The highest BCUT2D eigenvalue weighted by molar-refractivity contribution is 6.05. The average Bonchev–Trinajstić information content (AvgIpc) is 3.17. The van der Waals surface area contributed by atoms with E-state index in [1.807, 2.05) is 13.0 Å². The molecule has 0 aliphatic heterocycles. The Morgan fingerprint density at radius 1 is 1.08 bits per heavy atom. The van der Waals surface area contributed by atoms with Crippen LogP contribution in [0.3, 0.4) is 0 Å². The van der Waals surface area contributed by atoms with Crippen molar-refractivity contribution in [1.82, 2.24) is 10.2 Å². The van der Waals surface area contributed by atoms with Crippen LogP contribution in [0.15, 0.2) is 53.3 Å². The standard InChI is InChI=1S/C18H15N3O4/c1-11-9-14(17-21-19-10-25-17)7-8-15(11)20-16(22)12-3-5-13(6-4-12)18(23)24-2/h3-10H,1-2H3,(H,20,22). The molecule has 0 saturated heterocycles. The fraction of sp³-hybridized carbons (Fsp3) is 0.111. The largest absolute Gasteiger partial charge is 0.465 e. The number of nitrogens with one attached hydrogen (secondary N) is 1. The van der Waals surface area contributed by atoms with Crippen LogP contribution in [0.25, 0.3) is 11.5 Å². The van der Waals surface area contributed by atoms with Gasteiger partial charge in [-0.05, 0) is 55.0 Å². The van der Waals surface area contributed by atoms with E-state index >= 15 is 0 Å². The Morgan fingerprint density at radius 3 is 2.40 bits per heavy atom. The maximum absolute atomic E-state index is 12.4. The van der Waals surface area contributed by atoms with Gasteiger partial charge in [0.15, 0.2) is 0 Å². The van der Waals surface area contributed by atoms with E-state index < -0.39 is 5.97 Å². The van der Waals surface area contributed by atoms with E-state index in [0.717, 1.165) is 11.1 Å². The van der Waals surface area contributed by atoms with Crippen LogP contribution >= 0.6 is 0 Å². The second-order valence-corrected chi connectivity index (χ2v) is 5.30. The van der Waals surface area contributed by atoms with Gasteiger partial charge in [0.25, 0.3) is 5.91 Å². The highest BCUT2D eigenvalue weighted by atomic mass is 16.5. The van der Waals surface area contributed by atoms with Gasteiger partial charge in [0.05, 0.1) is 12.7 Å². The third-order valence-corrected chi connectivity index (χ3v) is 3.65. The minimum atomic E-state index is -0.445. The number of anilines is 1. The first-order chi connectivity index (χ1) is 12.1. The average molecular weight is 337 g/mol. The molecule has 0 spiro atoms. The van der Waals surface area contributed by atoms with Crippen molar-refractivity contribution in [1.29, 1.82) is 0 Å². The van der Waals surface area contributed by atoms with Gasteiger partial charge < -0.3 is 14.5 Å². The van der Waals surface area contributed by atoms with Gasteiger partial charge in [-0.15, -0.1) is 10.2 Å². The Kier molecular flexibility index (Phi) is 4.56. The van der Waals surface area contributed by atoms with E-state index in [-0.39, 0.29) is 5.91 Å². The molecule has 0 saturated carbocycles. The summed E-state index contributed by atoms with van der Waals surface area (Å²) < 4.78 is 9.79. The molecule has 1 heterocycles. The number of hydrogen-bond acceptors (Lipinski definition) is 6. The number of benzene rings is 2. The highest BCUT2D eigenvalue weighted by Crippen LogP contribution is 2.23. The predicted octanol–water partition coefficient (Wildman–Crippen LogP) is 3.08. The highest BCUT2D eigenvalue weighted by Gasteiger charge is 2.11. The zero-order valence-corrected chi connectivity index (χ0v) is 13.6. The Morgan fingerprint density at radius 2 is 1.80 bits per heavy atom. The van der Waals surface area contributed by atoms with E-state index in [4.69, 9.17) is 4.42 Å². The lowest BCUT2D eigenvalue weighted by Gasteiger charge is -2.09. The minimum absolute atomic E-state index is 0.273. The first-order valence-corrected chi connectivity index (χ1v) is 7.45. The third-order valence-electron chi connectivity index (χ3n) is 3.65. The summed E-state index contributed by atoms with van der Waals surface area (Å²) in [4.78, 5) is 23.8. The fourth-order valence-corrected chi connectivity index (χ4v) is 2.31. The van der Waals surface area contributed by atoms with Crippen molar-refractivity contribution in [3.63, 3.8) is 0 Å². The van der Waals surface area contributed by atoms with Crippen molar-refractivity contribution < 1.29 is 18.7 Å². The van der Waals surface area contributed by atoms with E-state index in [0.29, 0.717) is 22.7 Å². The summed E-state index contributed by atoms with van der Waals surface area (Å²) in [5.74, 6) is -0.302. The number of aromatic nitrogens is 2. The smallest absolute Gasteiger partial charge is 0.337 e. The molecule has 25 heavy (non-hydrogen) atoms. The van der Waals surface area contributed by atoms with Gasteiger partial charge in [0, 0.05) is 16.8 Å². The zero-order valence-electron chi connectivity index (χ0n) is 13.6. The molecular formula is C18H15N3O4. The summed E-state index contributed by atoms with van der Waals surface area (Å²) in [5, 5.41) is 10.3. The number of ether oxygens (including phenoxy) is 1. The lowest BCUT2D eigenvalue weighted by atomic mass is 10.1. The Bertz CT molecular complexity index is 903. The first kappa shape index (κ1) is 16.4. The van der Waals surface area contributed by atoms with Gasteiger partial charge in [-0.1, -0.05) is 0 Å². The molecule has 7 heteroatoms. The Balaban J connectivity index is 1.75. The summed E-state index contributed by atoms with van der Waals surface area (Å²) >= 11 is 0. The normalized spacial score (nSPS) is 10.3. The van der Waals surface area contributed by atoms with Gasteiger partial charge in [0.1, 0.15) is 0 Å². The second kappa shape index (κ2) is 6.96. The van der Waals surface area contributed by atoms with Gasteiger partial charge in [0.2, 0.25) is 12.3 Å². The quantitative estimate of drug-likeness (QED) is 0.735. The zero-order chi connectivity index (χ0) is 17.8. The molecule has 7 nitrogen and oxygen atoms in total. The number of amides is 1. The molecule has 0 aliphatic carbocycles. The van der Waals surface area contributed by atoms with Crippen LogP contribution in [-0.4, -0.2) is 29.2 Å². The van der Waals surface area contributed by atoms with Crippen LogP contribution in [-0.2, 0) is 4.74 Å². The molecule has 126 valence electrons. The molecule has 3 aromatic rings. The molecule has 0 bridgehead atoms. The summed E-state index contributed by atoms with van der Waals surface area (Å²) in [7, 11) is 1.31. The van der Waals surface area contributed by atoms with Crippen molar-refractivity contribution in [2.75, 3.05) is 12.4 Å². The van der Waals surface area contributed by atoms with E-state index in [9.17, 15) is 9.59 Å². The topological polar surface area (TPSA) is 94.3 Å². The number of carbonyl (C=O) groups excluding carboxylic acids is 2. The molecule has 3 rings (SSSR count). The van der Waals surface area contributed by atoms with Gasteiger partial charge in [-0.2, -0.15) is 0 Å². The summed E-state index contributed by atoms with van der Waals surface area (Å²) in [6.07, 6.45) is 1.26. The number of hydrogen-bond donors (Lipinski definition) is 1. The minimum Gasteiger partial charge on any atom is -0.465 e. The van der Waals surface area contributed by atoms with Crippen LogP contribution in [0.5, 0.6) is 0 Å². The maximum Gasteiger partial charge on any atom is 0.337 e. The number of carbonyl (C=O) groups is 2. The van der Waals surface area contributed by atoms with E-state index in [1.54, 1.807) is 36.4 Å². The molecule has 0 atom stereocenters. The molecular weight excluding hydrogens is 322 g/mol. The van der Waals surface area contributed by atoms with E-state index in [1.165, 1.54) is 13.5 Å². The van der Waals surface area contributed by atoms with Gasteiger partial charge in [-0.3, -0.25) is 4.79 Å². The number of aryl methyl sites for hydroxylation is 1. The van der Waals surface area contributed by atoms with Crippen molar-refractivity contribution in [3.05, 3.63) is 65.5 Å². The predicted molar refractivity (Wildman–Crippen MR) is 90.2 cm³/mol. The molecule has 0 aliphatic rings. The van der Waals surface area contributed by atoms with Crippen LogP contribution in [0.2, 0.25) is 0 Å². The molecule has 1 amide bonds. The van der Waals surface area contributed by atoms with Gasteiger partial charge >= 0.3 is 5.97 Å². The number of esters is 1. The molecule has 0 unspecified atom stereocenters. The fourth-order valence-electron chi connectivity index (χ4n) is 2.31. The monoisotopic (exact) mass is 337 g/mol.